The van der Waals surface area contributed by atoms with Crippen molar-refractivity contribution in [1.29, 1.82) is 0 Å². The van der Waals surface area contributed by atoms with Crippen LogP contribution in [0, 0.1) is 13.8 Å². The SMILES string of the molecule is CCN(C(=O)Cc1cc(C)on1)c1nc(C)cs1. The van der Waals surface area contributed by atoms with Gasteiger partial charge < -0.3 is 4.52 Å². The third kappa shape index (κ3) is 2.76. The average molecular weight is 265 g/mol. The Balaban J connectivity index is 2.11. The highest BCUT2D eigenvalue weighted by atomic mass is 32.1. The van der Waals surface area contributed by atoms with Crippen LogP contribution in [0.3, 0.4) is 0 Å². The number of anilines is 1. The molecular formula is C12H15N3O2S. The zero-order valence-corrected chi connectivity index (χ0v) is 11.5. The number of hydrogen-bond donors (Lipinski definition) is 0. The Labute approximate surface area is 109 Å². The van der Waals surface area contributed by atoms with Gasteiger partial charge in [0.05, 0.1) is 17.8 Å². The van der Waals surface area contributed by atoms with Gasteiger partial charge in [-0.3, -0.25) is 9.69 Å². The van der Waals surface area contributed by atoms with Gasteiger partial charge in [-0.15, -0.1) is 11.3 Å². The number of aryl methyl sites for hydroxylation is 2. The highest BCUT2D eigenvalue weighted by Crippen LogP contribution is 2.20. The lowest BCUT2D eigenvalue weighted by Crippen LogP contribution is -2.32. The predicted octanol–water partition coefficient (Wildman–Crippen LogP) is 2.34. The zero-order valence-electron chi connectivity index (χ0n) is 10.6. The van der Waals surface area contributed by atoms with Crippen LogP contribution < -0.4 is 4.90 Å². The number of aromatic nitrogens is 2. The number of nitrogens with zero attached hydrogens (tertiary/aromatic N) is 3. The predicted molar refractivity (Wildman–Crippen MR) is 69.8 cm³/mol. The lowest BCUT2D eigenvalue weighted by atomic mass is 10.2. The van der Waals surface area contributed by atoms with Crippen LogP contribution in [-0.2, 0) is 11.2 Å². The first kappa shape index (κ1) is 12.8. The molecule has 0 unspecified atom stereocenters. The van der Waals surface area contributed by atoms with E-state index in [1.807, 2.05) is 26.2 Å². The maximum absolute atomic E-state index is 12.2. The maximum atomic E-state index is 12.2. The van der Waals surface area contributed by atoms with Crippen molar-refractivity contribution < 1.29 is 9.32 Å². The Kier molecular flexibility index (Phi) is 3.76. The van der Waals surface area contributed by atoms with E-state index >= 15 is 0 Å². The summed E-state index contributed by atoms with van der Waals surface area (Å²) in [5.74, 6) is 0.700. The van der Waals surface area contributed by atoms with Gasteiger partial charge in [0.1, 0.15) is 5.76 Å². The molecule has 0 aliphatic carbocycles. The van der Waals surface area contributed by atoms with Crippen LogP contribution in [0.25, 0.3) is 0 Å². The Bertz CT molecular complexity index is 547. The van der Waals surface area contributed by atoms with Crippen molar-refractivity contribution in [2.24, 2.45) is 0 Å². The lowest BCUT2D eigenvalue weighted by molar-refractivity contribution is -0.118. The molecule has 1 amide bonds. The third-order valence-electron chi connectivity index (χ3n) is 2.46. The quantitative estimate of drug-likeness (QED) is 0.851. The van der Waals surface area contributed by atoms with E-state index in [4.69, 9.17) is 4.52 Å². The number of likely N-dealkylation sites (N-methyl/N-ethyl adjacent to an activating group) is 1. The highest BCUT2D eigenvalue weighted by molar-refractivity contribution is 7.14. The van der Waals surface area contributed by atoms with Crippen LogP contribution in [-0.4, -0.2) is 22.6 Å². The summed E-state index contributed by atoms with van der Waals surface area (Å²) in [5.41, 5.74) is 1.59. The molecule has 0 N–H and O–H groups in total. The van der Waals surface area contributed by atoms with Crippen LogP contribution in [0.2, 0.25) is 0 Å². The molecule has 2 heterocycles. The minimum Gasteiger partial charge on any atom is -0.361 e. The molecule has 0 bridgehead atoms. The summed E-state index contributed by atoms with van der Waals surface area (Å²) in [6.45, 7) is 6.26. The monoisotopic (exact) mass is 265 g/mol. The van der Waals surface area contributed by atoms with Crippen LogP contribution in [0.15, 0.2) is 16.0 Å². The second-order valence-corrected chi connectivity index (χ2v) is 4.85. The first-order valence-electron chi connectivity index (χ1n) is 5.75. The molecule has 2 aromatic rings. The molecule has 0 saturated carbocycles. The summed E-state index contributed by atoms with van der Waals surface area (Å²) < 4.78 is 4.95. The minimum atomic E-state index is -0.0137. The summed E-state index contributed by atoms with van der Waals surface area (Å²) in [6, 6.07) is 1.78. The van der Waals surface area contributed by atoms with Gasteiger partial charge >= 0.3 is 0 Å². The largest absolute Gasteiger partial charge is 0.361 e. The molecule has 0 radical (unpaired) electrons. The molecule has 0 fully saturated rings. The summed E-state index contributed by atoms with van der Waals surface area (Å²) in [6.07, 6.45) is 0.240. The van der Waals surface area contributed by atoms with Gasteiger partial charge in [0.2, 0.25) is 5.91 Å². The van der Waals surface area contributed by atoms with Crippen molar-refractivity contribution in [3.63, 3.8) is 0 Å². The molecule has 0 aromatic carbocycles. The lowest BCUT2D eigenvalue weighted by Gasteiger charge is -2.16. The van der Waals surface area contributed by atoms with Crippen LogP contribution in [0.5, 0.6) is 0 Å². The zero-order chi connectivity index (χ0) is 13.1. The number of carbonyl (C=O) groups excluding carboxylic acids is 1. The van der Waals surface area contributed by atoms with E-state index < -0.39 is 0 Å². The van der Waals surface area contributed by atoms with Crippen LogP contribution in [0.4, 0.5) is 5.13 Å². The molecular weight excluding hydrogens is 250 g/mol. The number of thiazole rings is 1. The van der Waals surface area contributed by atoms with Gasteiger partial charge in [0.15, 0.2) is 5.13 Å². The molecule has 2 rings (SSSR count). The Morgan fingerprint density at radius 2 is 2.28 bits per heavy atom. The van der Waals surface area contributed by atoms with E-state index in [0.717, 1.165) is 10.8 Å². The van der Waals surface area contributed by atoms with Crippen LogP contribution in [0.1, 0.15) is 24.1 Å². The molecule has 96 valence electrons. The van der Waals surface area contributed by atoms with Gasteiger partial charge in [-0.1, -0.05) is 5.16 Å². The first-order chi connectivity index (χ1) is 8.60. The van der Waals surface area contributed by atoms with Gasteiger partial charge in [-0.05, 0) is 20.8 Å². The Hall–Kier alpha value is -1.69. The van der Waals surface area contributed by atoms with Gasteiger partial charge in [0, 0.05) is 18.0 Å². The van der Waals surface area contributed by atoms with E-state index in [9.17, 15) is 4.79 Å². The van der Waals surface area contributed by atoms with E-state index in [1.54, 1.807) is 11.0 Å². The molecule has 0 aliphatic rings. The molecule has 2 aromatic heterocycles. The average Bonchev–Trinajstić information content (AvgIpc) is 2.89. The summed E-state index contributed by atoms with van der Waals surface area (Å²) >= 11 is 1.48. The fourth-order valence-corrected chi connectivity index (χ4v) is 2.52. The fraction of sp³-hybridized carbons (Fsp3) is 0.417. The second kappa shape index (κ2) is 5.30. The van der Waals surface area contributed by atoms with Gasteiger partial charge in [0.25, 0.3) is 0 Å². The van der Waals surface area contributed by atoms with E-state index in [0.29, 0.717) is 18.0 Å². The van der Waals surface area contributed by atoms with Crippen LogP contribution >= 0.6 is 11.3 Å². The van der Waals surface area contributed by atoms with Crippen molar-refractivity contribution in [3.05, 3.63) is 28.6 Å². The van der Waals surface area contributed by atoms with E-state index in [2.05, 4.69) is 10.1 Å². The molecule has 6 heteroatoms. The van der Waals surface area contributed by atoms with Crippen molar-refractivity contribution in [1.82, 2.24) is 10.1 Å². The normalized spacial score (nSPS) is 10.6. The second-order valence-electron chi connectivity index (χ2n) is 4.02. The third-order valence-corrected chi connectivity index (χ3v) is 3.45. The molecule has 0 aliphatic heterocycles. The molecule has 5 nitrogen and oxygen atoms in total. The van der Waals surface area contributed by atoms with E-state index in [-0.39, 0.29) is 12.3 Å². The molecule has 0 atom stereocenters. The summed E-state index contributed by atoms with van der Waals surface area (Å²) in [5, 5.41) is 6.50. The molecule has 0 saturated heterocycles. The molecule has 18 heavy (non-hydrogen) atoms. The van der Waals surface area contributed by atoms with Crippen molar-refractivity contribution >= 4 is 22.4 Å². The number of rotatable bonds is 4. The summed E-state index contributed by atoms with van der Waals surface area (Å²) in [7, 11) is 0. The summed E-state index contributed by atoms with van der Waals surface area (Å²) in [4.78, 5) is 18.2. The molecule has 0 spiro atoms. The topological polar surface area (TPSA) is 59.2 Å². The smallest absolute Gasteiger partial charge is 0.234 e. The Morgan fingerprint density at radius 3 is 2.78 bits per heavy atom. The minimum absolute atomic E-state index is 0.0137. The van der Waals surface area contributed by atoms with Crippen molar-refractivity contribution in [2.45, 2.75) is 27.2 Å². The Morgan fingerprint density at radius 1 is 1.50 bits per heavy atom. The number of amides is 1. The van der Waals surface area contributed by atoms with Crippen molar-refractivity contribution in [3.8, 4) is 0 Å². The maximum Gasteiger partial charge on any atom is 0.234 e. The highest BCUT2D eigenvalue weighted by Gasteiger charge is 2.18. The van der Waals surface area contributed by atoms with Gasteiger partial charge in [-0.25, -0.2) is 4.98 Å². The number of hydrogen-bond acceptors (Lipinski definition) is 5. The van der Waals surface area contributed by atoms with Gasteiger partial charge in [-0.2, -0.15) is 0 Å². The first-order valence-corrected chi connectivity index (χ1v) is 6.62. The number of carbonyl (C=O) groups is 1. The van der Waals surface area contributed by atoms with Crippen molar-refractivity contribution in [2.75, 3.05) is 11.4 Å². The van der Waals surface area contributed by atoms with E-state index in [1.165, 1.54) is 11.3 Å². The standard InChI is InChI=1S/C12H15N3O2S/c1-4-15(12-13-8(2)7-18-12)11(16)6-10-5-9(3)17-14-10/h5,7H,4,6H2,1-3H3. The fourth-order valence-electron chi connectivity index (χ4n) is 1.64.